The fraction of sp³-hybridized carbons (Fsp3) is 0.258. The monoisotopic (exact) mass is 540 g/mol. The van der Waals surface area contributed by atoms with E-state index in [0.29, 0.717) is 22.9 Å². The number of halogens is 1. The molecule has 2 aromatic heterocycles. The molecule has 0 bridgehead atoms. The summed E-state index contributed by atoms with van der Waals surface area (Å²) in [5, 5.41) is 13.0. The van der Waals surface area contributed by atoms with Crippen molar-refractivity contribution in [1.29, 1.82) is 0 Å². The Labute approximate surface area is 233 Å². The standard InChI is InChI=1S/C31H33FN6O2/c1-20-7-10-24(11-8-20)38-29(17-28(35-38)31(2,3)4)34-30(39)36(5)19-22-15-23(32)9-14-27(22)40-25-12-13-26-21(16-25)18-33-37(26)6/h7-18H,19H2,1-6H3,(H,34,39). The van der Waals surface area contributed by atoms with Crippen LogP contribution < -0.4 is 10.1 Å². The van der Waals surface area contributed by atoms with Crippen molar-refractivity contribution in [2.24, 2.45) is 7.05 Å². The van der Waals surface area contributed by atoms with E-state index in [-0.39, 0.29) is 18.0 Å². The summed E-state index contributed by atoms with van der Waals surface area (Å²) < 4.78 is 23.9. The lowest BCUT2D eigenvalue weighted by molar-refractivity contribution is 0.220. The van der Waals surface area contributed by atoms with Crippen molar-refractivity contribution in [1.82, 2.24) is 24.5 Å². The third kappa shape index (κ3) is 5.68. The van der Waals surface area contributed by atoms with Gasteiger partial charge in [0.25, 0.3) is 0 Å². The van der Waals surface area contributed by atoms with E-state index in [9.17, 15) is 9.18 Å². The molecule has 0 aliphatic heterocycles. The predicted octanol–water partition coefficient (Wildman–Crippen LogP) is 6.96. The molecule has 0 unspecified atom stereocenters. The summed E-state index contributed by atoms with van der Waals surface area (Å²) in [5.41, 5.74) is 4.11. The van der Waals surface area contributed by atoms with Gasteiger partial charge in [0.15, 0.2) is 0 Å². The molecule has 0 saturated heterocycles. The Morgan fingerprint density at radius 1 is 1.05 bits per heavy atom. The summed E-state index contributed by atoms with van der Waals surface area (Å²) in [6.45, 7) is 8.36. The van der Waals surface area contributed by atoms with E-state index in [4.69, 9.17) is 9.84 Å². The Morgan fingerprint density at radius 3 is 2.52 bits per heavy atom. The van der Waals surface area contributed by atoms with Crippen molar-refractivity contribution in [3.63, 3.8) is 0 Å². The van der Waals surface area contributed by atoms with Crippen molar-refractivity contribution >= 4 is 22.8 Å². The van der Waals surface area contributed by atoms with Gasteiger partial charge in [-0.05, 0) is 55.5 Å². The van der Waals surface area contributed by atoms with Gasteiger partial charge < -0.3 is 9.64 Å². The van der Waals surface area contributed by atoms with E-state index in [1.807, 2.05) is 62.5 Å². The van der Waals surface area contributed by atoms with Crippen molar-refractivity contribution < 1.29 is 13.9 Å². The minimum atomic E-state index is -0.411. The second-order valence-corrected chi connectivity index (χ2v) is 11.0. The summed E-state index contributed by atoms with van der Waals surface area (Å²) in [6.07, 6.45) is 1.76. The van der Waals surface area contributed by atoms with Gasteiger partial charge in [0.2, 0.25) is 0 Å². The van der Waals surface area contributed by atoms with Crippen LogP contribution in [0.1, 0.15) is 37.6 Å². The molecule has 2 amide bonds. The minimum absolute atomic E-state index is 0.124. The van der Waals surface area contributed by atoms with Gasteiger partial charge in [-0.3, -0.25) is 10.00 Å². The number of benzene rings is 3. The number of amides is 2. The highest BCUT2D eigenvalue weighted by Gasteiger charge is 2.23. The second kappa shape index (κ2) is 10.5. The van der Waals surface area contributed by atoms with Gasteiger partial charge in [0.1, 0.15) is 23.1 Å². The summed E-state index contributed by atoms with van der Waals surface area (Å²) in [6, 6.07) is 19.4. The lowest BCUT2D eigenvalue weighted by atomic mass is 9.92. The SMILES string of the molecule is Cc1ccc(-n2nc(C(C)(C)C)cc2NC(=O)N(C)Cc2cc(F)ccc2Oc2ccc3c(cnn3C)c2)cc1. The molecule has 40 heavy (non-hydrogen) atoms. The molecule has 0 aliphatic rings. The maximum absolute atomic E-state index is 14.3. The molecule has 0 radical (unpaired) electrons. The molecule has 2 heterocycles. The Bertz CT molecular complexity index is 1680. The molecule has 1 N–H and O–H groups in total. The van der Waals surface area contributed by atoms with Gasteiger partial charge in [-0.2, -0.15) is 10.2 Å². The highest BCUT2D eigenvalue weighted by atomic mass is 19.1. The van der Waals surface area contributed by atoms with Crippen molar-refractivity contribution in [2.45, 2.75) is 39.7 Å². The molecule has 0 aliphatic carbocycles. The number of carbonyl (C=O) groups is 1. The Kier molecular flexibility index (Phi) is 7.06. The second-order valence-electron chi connectivity index (χ2n) is 11.0. The Hall–Kier alpha value is -4.66. The average Bonchev–Trinajstić information content (AvgIpc) is 3.49. The zero-order valence-corrected chi connectivity index (χ0v) is 23.6. The van der Waals surface area contributed by atoms with Crippen LogP contribution in [0.15, 0.2) is 72.9 Å². The summed E-state index contributed by atoms with van der Waals surface area (Å²) in [7, 11) is 3.53. The first kappa shape index (κ1) is 26.9. The van der Waals surface area contributed by atoms with Crippen LogP contribution in [0, 0.1) is 12.7 Å². The summed E-state index contributed by atoms with van der Waals surface area (Å²) in [5.74, 6) is 1.19. The van der Waals surface area contributed by atoms with Crippen LogP contribution in [0.4, 0.5) is 15.0 Å². The van der Waals surface area contributed by atoms with Crippen molar-refractivity contribution in [3.05, 3.63) is 95.6 Å². The number of anilines is 1. The van der Waals surface area contributed by atoms with E-state index in [1.165, 1.54) is 17.0 Å². The predicted molar refractivity (Wildman–Crippen MR) is 155 cm³/mol. The average molecular weight is 541 g/mol. The summed E-state index contributed by atoms with van der Waals surface area (Å²) >= 11 is 0. The molecule has 9 heteroatoms. The third-order valence-corrected chi connectivity index (χ3v) is 6.71. The highest BCUT2D eigenvalue weighted by Crippen LogP contribution is 2.30. The lowest BCUT2D eigenvalue weighted by Crippen LogP contribution is -2.31. The smallest absolute Gasteiger partial charge is 0.323 e. The molecule has 3 aromatic carbocycles. The van der Waals surface area contributed by atoms with Crippen LogP contribution in [0.25, 0.3) is 16.6 Å². The number of aromatic nitrogens is 4. The lowest BCUT2D eigenvalue weighted by Gasteiger charge is -2.20. The van der Waals surface area contributed by atoms with E-state index >= 15 is 0 Å². The van der Waals surface area contributed by atoms with Gasteiger partial charge >= 0.3 is 6.03 Å². The molecule has 206 valence electrons. The number of fused-ring (bicyclic) bond motifs is 1. The summed E-state index contributed by atoms with van der Waals surface area (Å²) in [4.78, 5) is 14.8. The molecule has 5 rings (SSSR count). The Balaban J connectivity index is 1.37. The Morgan fingerprint density at radius 2 is 1.80 bits per heavy atom. The molecular formula is C31H33FN6O2. The molecule has 8 nitrogen and oxygen atoms in total. The van der Waals surface area contributed by atoms with Crippen LogP contribution in [0.5, 0.6) is 11.5 Å². The van der Waals surface area contributed by atoms with Gasteiger partial charge in [0.05, 0.1) is 29.6 Å². The number of urea groups is 1. The van der Waals surface area contributed by atoms with Crippen LogP contribution in [-0.4, -0.2) is 37.5 Å². The molecular weight excluding hydrogens is 507 g/mol. The normalized spacial score (nSPS) is 11.6. The number of nitrogens with zero attached hydrogens (tertiary/aromatic N) is 5. The molecule has 0 atom stereocenters. The number of hydrogen-bond acceptors (Lipinski definition) is 4. The highest BCUT2D eigenvalue weighted by molar-refractivity contribution is 5.88. The first-order chi connectivity index (χ1) is 19.0. The largest absolute Gasteiger partial charge is 0.457 e. The van der Waals surface area contributed by atoms with Gasteiger partial charge in [-0.1, -0.05) is 38.5 Å². The van der Waals surface area contributed by atoms with Crippen LogP contribution >= 0.6 is 0 Å². The number of nitrogens with one attached hydrogen (secondary N) is 1. The molecule has 0 fully saturated rings. The zero-order chi connectivity index (χ0) is 28.6. The first-order valence-corrected chi connectivity index (χ1v) is 13.1. The minimum Gasteiger partial charge on any atom is -0.457 e. The number of carbonyl (C=O) groups excluding carboxylic acids is 1. The van der Waals surface area contributed by atoms with E-state index < -0.39 is 5.82 Å². The topological polar surface area (TPSA) is 77.2 Å². The van der Waals surface area contributed by atoms with Gasteiger partial charge in [-0.25, -0.2) is 13.9 Å². The van der Waals surface area contributed by atoms with Crippen LogP contribution in [0.2, 0.25) is 0 Å². The number of aryl methyl sites for hydroxylation is 2. The number of ether oxygens (including phenoxy) is 1. The van der Waals surface area contributed by atoms with Crippen LogP contribution in [-0.2, 0) is 19.0 Å². The number of hydrogen-bond donors (Lipinski definition) is 1. The van der Waals surface area contributed by atoms with E-state index in [0.717, 1.165) is 27.8 Å². The maximum Gasteiger partial charge on any atom is 0.323 e. The molecule has 0 spiro atoms. The fourth-order valence-electron chi connectivity index (χ4n) is 4.36. The molecule has 5 aromatic rings. The zero-order valence-electron chi connectivity index (χ0n) is 23.6. The third-order valence-electron chi connectivity index (χ3n) is 6.71. The van der Waals surface area contributed by atoms with Crippen LogP contribution in [0.3, 0.4) is 0 Å². The van der Waals surface area contributed by atoms with Crippen molar-refractivity contribution in [3.8, 4) is 17.2 Å². The number of rotatable bonds is 6. The maximum atomic E-state index is 14.3. The fourth-order valence-corrected chi connectivity index (χ4v) is 4.36. The van der Waals surface area contributed by atoms with E-state index in [1.54, 1.807) is 28.7 Å². The van der Waals surface area contributed by atoms with Crippen molar-refractivity contribution in [2.75, 3.05) is 12.4 Å². The van der Waals surface area contributed by atoms with E-state index in [2.05, 4.69) is 31.2 Å². The van der Waals surface area contributed by atoms with Gasteiger partial charge in [0, 0.05) is 36.5 Å². The first-order valence-electron chi connectivity index (χ1n) is 13.1. The molecule has 0 saturated carbocycles. The quantitative estimate of drug-likeness (QED) is 0.253. The van der Waals surface area contributed by atoms with Gasteiger partial charge in [-0.15, -0.1) is 0 Å².